The molecule has 1 aromatic carbocycles. The Morgan fingerprint density at radius 3 is 2.48 bits per heavy atom. The average Bonchev–Trinajstić information content (AvgIpc) is 2.79. The first kappa shape index (κ1) is 20.2. The second-order valence-electron chi connectivity index (χ2n) is 6.96. The number of anilines is 2. The number of rotatable bonds is 6. The monoisotopic (exact) mass is 420 g/mol. The highest BCUT2D eigenvalue weighted by atomic mass is 16.6. The molecule has 0 radical (unpaired) electrons. The Morgan fingerprint density at radius 1 is 1.03 bits per heavy atom. The first-order valence-electron chi connectivity index (χ1n) is 9.72. The van der Waals surface area contributed by atoms with E-state index in [1.807, 2.05) is 23.1 Å². The number of benzene rings is 1. The van der Waals surface area contributed by atoms with Crippen LogP contribution < -0.4 is 14.5 Å². The van der Waals surface area contributed by atoms with E-state index in [0.717, 1.165) is 5.82 Å². The van der Waals surface area contributed by atoms with Crippen LogP contribution in [-0.2, 0) is 0 Å². The number of piperazine rings is 1. The van der Waals surface area contributed by atoms with Gasteiger partial charge in [-0.1, -0.05) is 18.2 Å². The number of nitrogens with zero attached hydrogens (tertiary/aromatic N) is 6. The molecular formula is C21H20N6O4. The molecule has 1 aliphatic rings. The van der Waals surface area contributed by atoms with Gasteiger partial charge < -0.3 is 14.5 Å². The van der Waals surface area contributed by atoms with Gasteiger partial charge in [0.05, 0.1) is 4.92 Å². The van der Waals surface area contributed by atoms with Crippen molar-refractivity contribution in [3.8, 4) is 11.6 Å². The number of carbonyl (C=O) groups excluding carboxylic acids is 1. The van der Waals surface area contributed by atoms with Crippen LogP contribution in [0.2, 0.25) is 0 Å². The Labute approximate surface area is 178 Å². The summed E-state index contributed by atoms with van der Waals surface area (Å²) in [7, 11) is 0. The molecule has 0 unspecified atom stereocenters. The molecule has 10 nitrogen and oxygen atoms in total. The van der Waals surface area contributed by atoms with E-state index in [1.165, 1.54) is 19.3 Å². The minimum absolute atomic E-state index is 0.130. The Balaban J connectivity index is 1.57. The highest BCUT2D eigenvalue weighted by Gasteiger charge is 2.31. The van der Waals surface area contributed by atoms with Crippen LogP contribution in [0.3, 0.4) is 0 Å². The third-order valence-corrected chi connectivity index (χ3v) is 4.96. The molecule has 3 aromatic rings. The van der Waals surface area contributed by atoms with Crippen LogP contribution in [0.1, 0.15) is 17.3 Å². The summed E-state index contributed by atoms with van der Waals surface area (Å²) in [6.07, 6.45) is 2.99. The Hall–Kier alpha value is -4.08. The van der Waals surface area contributed by atoms with E-state index in [2.05, 4.69) is 19.9 Å². The van der Waals surface area contributed by atoms with Crippen molar-refractivity contribution in [2.45, 2.75) is 6.92 Å². The number of carbonyl (C=O) groups is 1. The van der Waals surface area contributed by atoms with Crippen molar-refractivity contribution in [2.75, 3.05) is 36.0 Å². The summed E-state index contributed by atoms with van der Waals surface area (Å²) in [6.45, 7) is 3.81. The Kier molecular flexibility index (Phi) is 5.69. The van der Waals surface area contributed by atoms with Crippen molar-refractivity contribution in [1.29, 1.82) is 0 Å². The van der Waals surface area contributed by atoms with Crippen molar-refractivity contribution in [1.82, 2.24) is 15.0 Å². The minimum atomic E-state index is -0.537. The van der Waals surface area contributed by atoms with Crippen molar-refractivity contribution in [2.24, 2.45) is 0 Å². The van der Waals surface area contributed by atoms with Gasteiger partial charge in [-0.25, -0.2) is 9.97 Å². The van der Waals surface area contributed by atoms with Crippen LogP contribution in [0.15, 0.2) is 55.0 Å². The topological polar surface area (TPSA) is 115 Å². The molecule has 3 heterocycles. The van der Waals surface area contributed by atoms with E-state index in [0.29, 0.717) is 37.5 Å². The quantitative estimate of drug-likeness (QED) is 0.337. The smallest absolute Gasteiger partial charge is 0.373 e. The fourth-order valence-corrected chi connectivity index (χ4v) is 3.40. The van der Waals surface area contributed by atoms with Crippen molar-refractivity contribution >= 4 is 23.1 Å². The molecule has 0 atom stereocenters. The molecule has 1 aliphatic heterocycles. The Morgan fingerprint density at radius 2 is 1.81 bits per heavy atom. The number of Topliss-reactive ketones (excluding diaryl/α,β-unsaturated/α-hetero) is 1. The van der Waals surface area contributed by atoms with E-state index < -0.39 is 4.92 Å². The van der Waals surface area contributed by atoms with Crippen LogP contribution in [0.25, 0.3) is 0 Å². The molecule has 0 spiro atoms. The molecule has 0 saturated carbocycles. The zero-order valence-corrected chi connectivity index (χ0v) is 16.8. The van der Waals surface area contributed by atoms with E-state index in [9.17, 15) is 14.9 Å². The predicted molar refractivity (Wildman–Crippen MR) is 114 cm³/mol. The van der Waals surface area contributed by atoms with Crippen LogP contribution in [-0.4, -0.2) is 51.8 Å². The molecule has 0 bridgehead atoms. The number of ketones is 1. The average molecular weight is 420 g/mol. The van der Waals surface area contributed by atoms with Gasteiger partial charge >= 0.3 is 11.6 Å². The second kappa shape index (κ2) is 8.74. The molecule has 158 valence electrons. The molecule has 31 heavy (non-hydrogen) atoms. The highest BCUT2D eigenvalue weighted by Crippen LogP contribution is 2.36. The number of nitro groups is 1. The largest absolute Gasteiger partial charge is 0.434 e. The lowest BCUT2D eigenvalue weighted by atomic mass is 10.1. The van der Waals surface area contributed by atoms with Gasteiger partial charge in [0.1, 0.15) is 17.9 Å². The van der Waals surface area contributed by atoms with Crippen LogP contribution in [0, 0.1) is 10.1 Å². The highest BCUT2D eigenvalue weighted by molar-refractivity contribution is 5.94. The van der Waals surface area contributed by atoms with Gasteiger partial charge in [-0.05, 0) is 31.2 Å². The second-order valence-corrected chi connectivity index (χ2v) is 6.96. The maximum absolute atomic E-state index is 11.9. The molecule has 0 aliphatic carbocycles. The summed E-state index contributed by atoms with van der Waals surface area (Å²) in [6, 6.07) is 12.2. The third-order valence-electron chi connectivity index (χ3n) is 4.96. The summed E-state index contributed by atoms with van der Waals surface area (Å²) in [5, 5.41) is 11.9. The summed E-state index contributed by atoms with van der Waals surface area (Å²) >= 11 is 0. The summed E-state index contributed by atoms with van der Waals surface area (Å²) in [4.78, 5) is 39.4. The predicted octanol–water partition coefficient (Wildman–Crippen LogP) is 3.10. The number of ether oxygens (including phenoxy) is 1. The van der Waals surface area contributed by atoms with Gasteiger partial charge in [-0.3, -0.25) is 14.9 Å². The molecule has 1 fully saturated rings. The normalized spacial score (nSPS) is 13.7. The molecule has 0 N–H and O–H groups in total. The summed E-state index contributed by atoms with van der Waals surface area (Å²) in [5.41, 5.74) is 0.141. The van der Waals surface area contributed by atoms with Crippen molar-refractivity contribution in [3.05, 3.63) is 70.7 Å². The molecule has 0 amide bonds. The first-order chi connectivity index (χ1) is 15.0. The van der Waals surface area contributed by atoms with Crippen molar-refractivity contribution < 1.29 is 14.5 Å². The van der Waals surface area contributed by atoms with Gasteiger partial charge in [0, 0.05) is 37.9 Å². The number of hydrogen-bond acceptors (Lipinski definition) is 9. The van der Waals surface area contributed by atoms with Crippen LogP contribution >= 0.6 is 0 Å². The van der Waals surface area contributed by atoms with E-state index >= 15 is 0 Å². The molecule has 4 rings (SSSR count). The minimum Gasteiger partial charge on any atom is -0.434 e. The van der Waals surface area contributed by atoms with Gasteiger partial charge in [0.2, 0.25) is 5.82 Å². The standard InChI is InChI=1S/C21H20N6O4/c1-15(28)16-5-4-6-17(13-16)31-21-19(27(29)30)20(23-14-24-21)26-11-9-25(10-12-26)18-7-2-3-8-22-18/h2-8,13-14H,9-12H2,1H3. The lowest BCUT2D eigenvalue weighted by Gasteiger charge is -2.35. The van der Waals surface area contributed by atoms with Crippen molar-refractivity contribution in [3.63, 3.8) is 0 Å². The third kappa shape index (κ3) is 4.42. The fraction of sp³-hybridized carbons (Fsp3) is 0.238. The zero-order valence-electron chi connectivity index (χ0n) is 16.8. The number of aromatic nitrogens is 3. The molecule has 2 aromatic heterocycles. The van der Waals surface area contributed by atoms with Crippen LogP contribution in [0.4, 0.5) is 17.3 Å². The van der Waals surface area contributed by atoms with E-state index in [4.69, 9.17) is 4.74 Å². The molecular weight excluding hydrogens is 400 g/mol. The zero-order chi connectivity index (χ0) is 21.8. The van der Waals surface area contributed by atoms with E-state index in [-0.39, 0.29) is 23.2 Å². The van der Waals surface area contributed by atoms with Gasteiger partial charge in [0.15, 0.2) is 5.78 Å². The lowest BCUT2D eigenvalue weighted by molar-refractivity contribution is -0.385. The SMILES string of the molecule is CC(=O)c1cccc(Oc2ncnc(N3CCN(c4ccccn4)CC3)c2[N+](=O)[O-])c1. The number of pyridine rings is 1. The maximum Gasteiger partial charge on any atom is 0.373 e. The van der Waals surface area contributed by atoms with E-state index in [1.54, 1.807) is 24.4 Å². The van der Waals surface area contributed by atoms with Crippen LogP contribution in [0.5, 0.6) is 11.6 Å². The maximum atomic E-state index is 11.9. The lowest BCUT2D eigenvalue weighted by Crippen LogP contribution is -2.47. The molecule has 10 heteroatoms. The van der Waals surface area contributed by atoms with Gasteiger partial charge in [-0.15, -0.1) is 0 Å². The Bertz CT molecular complexity index is 1100. The first-order valence-corrected chi connectivity index (χ1v) is 9.72. The van der Waals surface area contributed by atoms with Gasteiger partial charge in [-0.2, -0.15) is 4.98 Å². The summed E-state index contributed by atoms with van der Waals surface area (Å²) in [5.74, 6) is 1.07. The molecule has 1 saturated heterocycles. The number of hydrogen-bond donors (Lipinski definition) is 0. The summed E-state index contributed by atoms with van der Waals surface area (Å²) < 4.78 is 5.69. The fourth-order valence-electron chi connectivity index (χ4n) is 3.40. The van der Waals surface area contributed by atoms with Gasteiger partial charge in [0.25, 0.3) is 0 Å².